The number of piperidine rings is 1. The van der Waals surface area contributed by atoms with Crippen LogP contribution in [0, 0.1) is 6.92 Å². The van der Waals surface area contributed by atoms with Gasteiger partial charge < -0.3 is 25.6 Å². The van der Waals surface area contributed by atoms with E-state index in [-0.39, 0.29) is 6.03 Å². The summed E-state index contributed by atoms with van der Waals surface area (Å²) in [6, 6.07) is 16.3. The number of amides is 2. The second-order valence-corrected chi connectivity index (χ2v) is 7.72. The number of nitrogens with zero attached hydrogens (tertiary/aromatic N) is 3. The molecule has 1 saturated heterocycles. The Labute approximate surface area is 188 Å². The lowest BCUT2D eigenvalue weighted by Gasteiger charge is -2.27. The fourth-order valence-electron chi connectivity index (χ4n) is 3.67. The highest BCUT2D eigenvalue weighted by Gasteiger charge is 2.15. The molecule has 32 heavy (non-hydrogen) atoms. The maximum Gasteiger partial charge on any atom is 0.323 e. The second-order valence-electron chi connectivity index (χ2n) is 7.72. The van der Waals surface area contributed by atoms with Crippen LogP contribution in [0.15, 0.2) is 54.6 Å². The number of aryl methyl sites for hydroxylation is 1. The van der Waals surface area contributed by atoms with Crippen molar-refractivity contribution in [2.24, 2.45) is 0 Å². The molecular formula is C24H28N6O2. The van der Waals surface area contributed by atoms with Crippen molar-refractivity contribution in [3.63, 3.8) is 0 Å². The molecule has 0 unspecified atom stereocenters. The molecule has 0 saturated carbocycles. The van der Waals surface area contributed by atoms with Crippen molar-refractivity contribution in [3.8, 4) is 5.75 Å². The Morgan fingerprint density at radius 3 is 2.41 bits per heavy atom. The maximum absolute atomic E-state index is 12.3. The van der Waals surface area contributed by atoms with E-state index in [0.717, 1.165) is 36.2 Å². The third-order valence-electron chi connectivity index (χ3n) is 5.25. The van der Waals surface area contributed by atoms with E-state index >= 15 is 0 Å². The number of carbonyl (C=O) groups excluding carboxylic acids is 1. The molecule has 3 aromatic rings. The number of hydrogen-bond acceptors (Lipinski definition) is 6. The van der Waals surface area contributed by atoms with Crippen LogP contribution in [0.3, 0.4) is 0 Å². The Kier molecular flexibility index (Phi) is 6.69. The van der Waals surface area contributed by atoms with E-state index in [9.17, 15) is 4.79 Å². The third kappa shape index (κ3) is 5.46. The lowest BCUT2D eigenvalue weighted by Crippen LogP contribution is -2.31. The summed E-state index contributed by atoms with van der Waals surface area (Å²) in [7, 11) is 1.57. The van der Waals surface area contributed by atoms with Gasteiger partial charge in [-0.05, 0) is 62.6 Å². The number of para-hydroxylation sites is 2. The van der Waals surface area contributed by atoms with E-state index in [0.29, 0.717) is 17.1 Å². The number of carbonyl (C=O) groups is 1. The lowest BCUT2D eigenvalue weighted by atomic mass is 10.1. The van der Waals surface area contributed by atoms with E-state index in [1.54, 1.807) is 19.2 Å². The smallest absolute Gasteiger partial charge is 0.323 e. The molecule has 4 rings (SSSR count). The highest BCUT2D eigenvalue weighted by atomic mass is 16.5. The summed E-state index contributed by atoms with van der Waals surface area (Å²) in [6.45, 7) is 3.98. The molecule has 0 radical (unpaired) electrons. The van der Waals surface area contributed by atoms with Crippen molar-refractivity contribution in [1.29, 1.82) is 0 Å². The number of methoxy groups -OCH3 is 1. The summed E-state index contributed by atoms with van der Waals surface area (Å²) in [6.07, 6.45) is 3.63. The molecule has 1 aliphatic heterocycles. The van der Waals surface area contributed by atoms with Crippen molar-refractivity contribution in [3.05, 3.63) is 60.3 Å². The van der Waals surface area contributed by atoms with Crippen molar-refractivity contribution in [2.75, 3.05) is 41.0 Å². The minimum Gasteiger partial charge on any atom is -0.495 e. The Bertz CT molecular complexity index is 1060. The third-order valence-corrected chi connectivity index (χ3v) is 5.25. The molecule has 0 bridgehead atoms. The minimum atomic E-state index is -0.340. The number of nitrogens with one attached hydrogen (secondary N) is 3. The number of aromatic nitrogens is 2. The summed E-state index contributed by atoms with van der Waals surface area (Å²) in [4.78, 5) is 23.9. The molecule has 3 N–H and O–H groups in total. The standard InChI is InChI=1S/C24H28N6O2/c1-17-16-22(29-23(25-17)30-14-6-3-7-15-30)26-18-10-12-19(13-11-18)27-24(31)28-20-8-4-5-9-21(20)32-2/h4-5,8-13,16H,3,6-7,14-15H2,1-2H3,(H,25,26,29)(H2,27,28,31). The highest BCUT2D eigenvalue weighted by Crippen LogP contribution is 2.24. The first-order valence-electron chi connectivity index (χ1n) is 10.8. The van der Waals surface area contributed by atoms with Gasteiger partial charge in [-0.25, -0.2) is 9.78 Å². The number of urea groups is 1. The fourth-order valence-corrected chi connectivity index (χ4v) is 3.67. The summed E-state index contributed by atoms with van der Waals surface area (Å²) in [5.41, 5.74) is 3.09. The van der Waals surface area contributed by atoms with Crippen molar-refractivity contribution in [2.45, 2.75) is 26.2 Å². The molecule has 0 spiro atoms. The van der Waals surface area contributed by atoms with Crippen LogP contribution in [-0.4, -0.2) is 36.2 Å². The first-order chi connectivity index (χ1) is 15.6. The number of benzene rings is 2. The zero-order valence-electron chi connectivity index (χ0n) is 18.4. The quantitative estimate of drug-likeness (QED) is 0.498. The lowest BCUT2D eigenvalue weighted by molar-refractivity contribution is 0.262. The first kappa shape index (κ1) is 21.4. The number of ether oxygens (including phenoxy) is 1. The van der Waals surface area contributed by atoms with Gasteiger partial charge in [0.05, 0.1) is 12.8 Å². The first-order valence-corrected chi connectivity index (χ1v) is 10.8. The molecule has 1 aromatic heterocycles. The van der Waals surface area contributed by atoms with Crippen molar-refractivity contribution >= 4 is 34.9 Å². The van der Waals surface area contributed by atoms with Gasteiger partial charge in [0.1, 0.15) is 11.6 Å². The van der Waals surface area contributed by atoms with Gasteiger partial charge in [0, 0.05) is 36.2 Å². The predicted octanol–water partition coefficient (Wildman–Crippen LogP) is 5.17. The van der Waals surface area contributed by atoms with Gasteiger partial charge in [-0.15, -0.1) is 0 Å². The van der Waals surface area contributed by atoms with E-state index < -0.39 is 0 Å². The minimum absolute atomic E-state index is 0.340. The molecule has 1 aliphatic rings. The maximum atomic E-state index is 12.3. The second kappa shape index (κ2) is 10.00. The van der Waals surface area contributed by atoms with Crippen LogP contribution in [-0.2, 0) is 0 Å². The van der Waals surface area contributed by atoms with E-state index in [1.165, 1.54) is 19.3 Å². The SMILES string of the molecule is COc1ccccc1NC(=O)Nc1ccc(Nc2cc(C)nc(N3CCCCC3)n2)cc1. The molecule has 0 aliphatic carbocycles. The van der Waals surface area contributed by atoms with Gasteiger partial charge in [-0.2, -0.15) is 4.98 Å². The summed E-state index contributed by atoms with van der Waals surface area (Å²) >= 11 is 0. The summed E-state index contributed by atoms with van der Waals surface area (Å²) < 4.78 is 5.26. The van der Waals surface area contributed by atoms with Gasteiger partial charge >= 0.3 is 6.03 Å². The van der Waals surface area contributed by atoms with Crippen LogP contribution in [0.5, 0.6) is 5.75 Å². The largest absolute Gasteiger partial charge is 0.495 e. The molecule has 166 valence electrons. The van der Waals surface area contributed by atoms with Gasteiger partial charge in [0.25, 0.3) is 0 Å². The van der Waals surface area contributed by atoms with E-state index in [4.69, 9.17) is 9.72 Å². The van der Waals surface area contributed by atoms with E-state index in [2.05, 4.69) is 25.8 Å². The van der Waals surface area contributed by atoms with E-state index in [1.807, 2.05) is 49.4 Å². The highest BCUT2D eigenvalue weighted by molar-refractivity contribution is 6.00. The van der Waals surface area contributed by atoms with Crippen LogP contribution >= 0.6 is 0 Å². The van der Waals surface area contributed by atoms with Crippen molar-refractivity contribution in [1.82, 2.24) is 9.97 Å². The number of rotatable bonds is 6. The summed E-state index contributed by atoms with van der Waals surface area (Å²) in [5, 5.41) is 8.96. The zero-order valence-corrected chi connectivity index (χ0v) is 18.4. The van der Waals surface area contributed by atoms with Crippen LogP contribution in [0.25, 0.3) is 0 Å². The monoisotopic (exact) mass is 432 g/mol. The molecule has 0 atom stereocenters. The van der Waals surface area contributed by atoms with Gasteiger partial charge in [0.15, 0.2) is 0 Å². The average molecular weight is 433 g/mol. The Morgan fingerprint density at radius 1 is 0.938 bits per heavy atom. The van der Waals surface area contributed by atoms with Gasteiger partial charge in [-0.1, -0.05) is 12.1 Å². The molecule has 8 heteroatoms. The fraction of sp³-hybridized carbons (Fsp3) is 0.292. The summed E-state index contributed by atoms with van der Waals surface area (Å²) in [5.74, 6) is 2.14. The van der Waals surface area contributed by atoms with Crippen LogP contribution in [0.4, 0.5) is 33.6 Å². The Morgan fingerprint density at radius 2 is 1.66 bits per heavy atom. The molecule has 1 fully saturated rings. The average Bonchev–Trinajstić information content (AvgIpc) is 2.81. The number of hydrogen-bond donors (Lipinski definition) is 3. The zero-order chi connectivity index (χ0) is 22.3. The van der Waals surface area contributed by atoms with Gasteiger partial charge in [0.2, 0.25) is 5.95 Å². The Hall–Kier alpha value is -3.81. The van der Waals surface area contributed by atoms with Crippen LogP contribution in [0.2, 0.25) is 0 Å². The van der Waals surface area contributed by atoms with Crippen LogP contribution < -0.4 is 25.6 Å². The number of anilines is 5. The molecule has 2 heterocycles. The van der Waals surface area contributed by atoms with Crippen molar-refractivity contribution < 1.29 is 9.53 Å². The van der Waals surface area contributed by atoms with Gasteiger partial charge in [-0.3, -0.25) is 0 Å². The van der Waals surface area contributed by atoms with Crippen LogP contribution in [0.1, 0.15) is 25.0 Å². The molecular weight excluding hydrogens is 404 g/mol. The molecule has 2 aromatic carbocycles. The predicted molar refractivity (Wildman–Crippen MR) is 128 cm³/mol. The normalized spacial score (nSPS) is 13.4. The molecule has 2 amide bonds. The molecule has 8 nitrogen and oxygen atoms in total. The Balaban J connectivity index is 1.38. The topological polar surface area (TPSA) is 91.4 Å².